The molecule has 0 fully saturated rings. The van der Waals surface area contributed by atoms with E-state index in [4.69, 9.17) is 10.8 Å². The summed E-state index contributed by atoms with van der Waals surface area (Å²) < 4.78 is 0. The number of carbonyl (C=O) groups excluding carboxylic acids is 3. The van der Waals surface area contributed by atoms with Crippen molar-refractivity contribution in [2.24, 2.45) is 5.73 Å². The van der Waals surface area contributed by atoms with Gasteiger partial charge in [0.15, 0.2) is 0 Å². The minimum Gasteiger partial charge on any atom is -0.480 e. The van der Waals surface area contributed by atoms with Crippen molar-refractivity contribution >= 4 is 45.5 Å². The number of H-pyrrole nitrogens is 3. The second-order valence-corrected chi connectivity index (χ2v) is 10.2. The highest BCUT2D eigenvalue weighted by Crippen LogP contribution is 2.20. The number of nitrogens with one attached hydrogen (secondary N) is 6. The highest BCUT2D eigenvalue weighted by Gasteiger charge is 2.30. The largest absolute Gasteiger partial charge is 0.480 e. The van der Waals surface area contributed by atoms with Crippen molar-refractivity contribution < 1.29 is 24.3 Å². The first-order chi connectivity index (χ1) is 20.8. The topological polar surface area (TPSA) is 211 Å². The second kappa shape index (κ2) is 13.0. The quantitative estimate of drug-likeness (QED) is 0.100. The van der Waals surface area contributed by atoms with Gasteiger partial charge in [0.2, 0.25) is 17.7 Å². The van der Waals surface area contributed by atoms with E-state index < -0.39 is 48.4 Å². The summed E-state index contributed by atoms with van der Waals surface area (Å²) in [4.78, 5) is 64.3. The molecule has 0 aliphatic rings. The number of aliphatic carboxylic acids is 1. The summed E-state index contributed by atoms with van der Waals surface area (Å²) in [5.74, 6) is -3.09. The standard InChI is InChI=1S/C30H32N8O5/c31-22(9-17-12-33-23-7-3-1-5-20(17)23)28(41)37-26(11-19-14-32-16-36-19)30(43)38-25(29(42)35-15-27(39)40)10-18-13-34-24-8-4-2-6-21(18)24/h1-8,12-14,16,22,25-26,33-34H,9-11,15,31H2,(H,32,36)(H,35,42)(H,37,41)(H,38,43)(H,39,40). The van der Waals surface area contributed by atoms with E-state index in [-0.39, 0.29) is 19.3 Å². The molecule has 0 radical (unpaired) electrons. The van der Waals surface area contributed by atoms with Crippen LogP contribution >= 0.6 is 0 Å². The number of nitrogens with two attached hydrogens (primary N) is 1. The van der Waals surface area contributed by atoms with Gasteiger partial charge in [0, 0.05) is 58.9 Å². The number of rotatable bonds is 13. The van der Waals surface area contributed by atoms with Crippen LogP contribution < -0.4 is 21.7 Å². The first kappa shape index (κ1) is 29.1. The molecule has 13 heteroatoms. The number of para-hydroxylation sites is 2. The summed E-state index contributed by atoms with van der Waals surface area (Å²) >= 11 is 0. The van der Waals surface area contributed by atoms with Crippen molar-refractivity contribution in [2.45, 2.75) is 37.4 Å². The molecule has 3 atom stereocenters. The lowest BCUT2D eigenvalue weighted by Gasteiger charge is -2.24. The monoisotopic (exact) mass is 584 g/mol. The van der Waals surface area contributed by atoms with Crippen LogP contribution in [0, 0.1) is 0 Å². The van der Waals surface area contributed by atoms with E-state index in [2.05, 4.69) is 35.9 Å². The Labute approximate surface area is 245 Å². The van der Waals surface area contributed by atoms with E-state index in [9.17, 15) is 19.2 Å². The highest BCUT2D eigenvalue weighted by atomic mass is 16.4. The zero-order valence-corrected chi connectivity index (χ0v) is 23.1. The average Bonchev–Trinajstić information content (AvgIpc) is 3.76. The molecule has 0 spiro atoms. The maximum absolute atomic E-state index is 13.7. The third-order valence-corrected chi connectivity index (χ3v) is 7.21. The Bertz CT molecular complexity index is 1740. The number of amides is 3. The molecule has 13 nitrogen and oxygen atoms in total. The maximum atomic E-state index is 13.7. The summed E-state index contributed by atoms with van der Waals surface area (Å²) in [5, 5.41) is 18.7. The lowest BCUT2D eigenvalue weighted by Crippen LogP contribution is -2.57. The normalized spacial score (nSPS) is 13.3. The maximum Gasteiger partial charge on any atom is 0.322 e. The smallest absolute Gasteiger partial charge is 0.322 e. The van der Waals surface area contributed by atoms with Crippen molar-refractivity contribution in [3.63, 3.8) is 0 Å². The molecule has 5 rings (SSSR count). The van der Waals surface area contributed by atoms with Crippen LogP contribution in [0.5, 0.6) is 0 Å². The van der Waals surface area contributed by atoms with Gasteiger partial charge in [0.25, 0.3) is 0 Å². The first-order valence-corrected chi connectivity index (χ1v) is 13.7. The molecule has 0 aliphatic heterocycles. The Morgan fingerprint density at radius 3 is 1.95 bits per heavy atom. The number of benzene rings is 2. The molecule has 0 saturated heterocycles. The molecule has 2 aromatic carbocycles. The van der Waals surface area contributed by atoms with Gasteiger partial charge in [-0.1, -0.05) is 36.4 Å². The van der Waals surface area contributed by atoms with E-state index in [0.717, 1.165) is 32.9 Å². The Kier molecular flexibility index (Phi) is 8.82. The Morgan fingerprint density at radius 2 is 1.35 bits per heavy atom. The minimum atomic E-state index is -1.22. The van der Waals surface area contributed by atoms with Gasteiger partial charge in [-0.25, -0.2) is 4.98 Å². The number of hydrogen-bond acceptors (Lipinski definition) is 6. The van der Waals surface area contributed by atoms with Crippen LogP contribution in [0.3, 0.4) is 0 Å². The van der Waals surface area contributed by atoms with E-state index in [1.165, 1.54) is 12.5 Å². The lowest BCUT2D eigenvalue weighted by atomic mass is 10.0. The number of nitrogens with zero attached hydrogens (tertiary/aromatic N) is 1. The summed E-state index contributed by atoms with van der Waals surface area (Å²) in [7, 11) is 0. The fourth-order valence-electron chi connectivity index (χ4n) is 5.02. The van der Waals surface area contributed by atoms with Crippen molar-refractivity contribution in [3.05, 3.63) is 90.3 Å². The van der Waals surface area contributed by atoms with Crippen LogP contribution in [0.25, 0.3) is 21.8 Å². The number of carbonyl (C=O) groups is 4. The average molecular weight is 585 g/mol. The fraction of sp³-hybridized carbons (Fsp3) is 0.233. The van der Waals surface area contributed by atoms with Gasteiger partial charge < -0.3 is 41.7 Å². The Balaban J connectivity index is 1.33. The molecule has 5 aromatic rings. The van der Waals surface area contributed by atoms with Gasteiger partial charge in [0.1, 0.15) is 18.6 Å². The Hall–Kier alpha value is -5.43. The number of aromatic nitrogens is 4. The SMILES string of the molecule is NC(Cc1c[nH]c2ccccc12)C(=O)NC(Cc1cnc[nH]1)C(=O)NC(Cc1c[nH]c2ccccc12)C(=O)NCC(=O)O. The molecule has 3 heterocycles. The van der Waals surface area contributed by atoms with Crippen LogP contribution in [-0.2, 0) is 38.4 Å². The number of carboxylic acid groups (broad SMARTS) is 1. The van der Waals surface area contributed by atoms with Gasteiger partial charge in [-0.15, -0.1) is 0 Å². The molecule has 3 amide bonds. The minimum absolute atomic E-state index is 0.0495. The van der Waals surface area contributed by atoms with E-state index in [1.54, 1.807) is 12.4 Å². The number of aromatic amines is 3. The molecule has 0 aliphatic carbocycles. The Morgan fingerprint density at radius 1 is 0.767 bits per heavy atom. The molecular formula is C30H32N8O5. The van der Waals surface area contributed by atoms with Crippen molar-refractivity contribution in [1.29, 1.82) is 0 Å². The van der Waals surface area contributed by atoms with Crippen LogP contribution in [0.1, 0.15) is 16.8 Å². The fourth-order valence-corrected chi connectivity index (χ4v) is 5.02. The predicted octanol–water partition coefficient (Wildman–Crippen LogP) is 0.898. The molecule has 0 bridgehead atoms. The summed E-state index contributed by atoms with van der Waals surface area (Å²) in [5.41, 5.74) is 10.2. The van der Waals surface area contributed by atoms with Crippen molar-refractivity contribution in [2.75, 3.05) is 6.54 Å². The molecule has 9 N–H and O–H groups in total. The molecule has 0 saturated carbocycles. The number of fused-ring (bicyclic) bond motifs is 2. The van der Waals surface area contributed by atoms with E-state index >= 15 is 0 Å². The van der Waals surface area contributed by atoms with Crippen LogP contribution in [0.2, 0.25) is 0 Å². The van der Waals surface area contributed by atoms with E-state index in [0.29, 0.717) is 5.69 Å². The van der Waals surface area contributed by atoms with Crippen molar-refractivity contribution in [3.8, 4) is 0 Å². The van der Waals surface area contributed by atoms with Gasteiger partial charge in [0.05, 0.1) is 12.4 Å². The van der Waals surface area contributed by atoms with Crippen LogP contribution in [0.4, 0.5) is 0 Å². The molecule has 222 valence electrons. The lowest BCUT2D eigenvalue weighted by molar-refractivity contribution is -0.138. The van der Waals surface area contributed by atoms with Crippen LogP contribution in [0.15, 0.2) is 73.4 Å². The molecular weight excluding hydrogens is 552 g/mol. The second-order valence-electron chi connectivity index (χ2n) is 10.2. The van der Waals surface area contributed by atoms with Gasteiger partial charge >= 0.3 is 5.97 Å². The first-order valence-electron chi connectivity index (χ1n) is 13.7. The van der Waals surface area contributed by atoms with Crippen LogP contribution in [-0.4, -0.2) is 73.4 Å². The molecule has 43 heavy (non-hydrogen) atoms. The third kappa shape index (κ3) is 7.08. The van der Waals surface area contributed by atoms with Gasteiger partial charge in [-0.3, -0.25) is 19.2 Å². The number of imidazole rings is 1. The van der Waals surface area contributed by atoms with E-state index in [1.807, 2.05) is 48.5 Å². The van der Waals surface area contributed by atoms with Crippen molar-refractivity contribution in [1.82, 2.24) is 35.9 Å². The molecule has 3 aromatic heterocycles. The summed E-state index contributed by atoms with van der Waals surface area (Å²) in [6, 6.07) is 11.9. The van der Waals surface area contributed by atoms with Gasteiger partial charge in [-0.2, -0.15) is 0 Å². The van der Waals surface area contributed by atoms with Gasteiger partial charge in [-0.05, 0) is 29.7 Å². The highest BCUT2D eigenvalue weighted by molar-refractivity contribution is 5.95. The molecule has 3 unspecified atom stereocenters. The zero-order valence-electron chi connectivity index (χ0n) is 23.1. The third-order valence-electron chi connectivity index (χ3n) is 7.21. The predicted molar refractivity (Wildman–Crippen MR) is 159 cm³/mol. The summed E-state index contributed by atoms with van der Waals surface area (Å²) in [6.07, 6.45) is 6.88. The summed E-state index contributed by atoms with van der Waals surface area (Å²) in [6.45, 7) is -0.615. The zero-order chi connectivity index (χ0) is 30.3. The number of carboxylic acids is 1. The number of hydrogen-bond donors (Lipinski definition) is 8.